The highest BCUT2D eigenvalue weighted by molar-refractivity contribution is 5.77. The molecule has 5 rings (SSSR count). The summed E-state index contributed by atoms with van der Waals surface area (Å²) in [6.45, 7) is 4.57. The Morgan fingerprint density at radius 1 is 1.13 bits per heavy atom. The van der Waals surface area contributed by atoms with Crippen LogP contribution in [-0.2, 0) is 4.79 Å². The van der Waals surface area contributed by atoms with E-state index >= 15 is 0 Å². The number of aliphatic hydroxyl groups excluding tert-OH is 1. The van der Waals surface area contributed by atoms with E-state index in [1.54, 1.807) is 12.1 Å². The lowest BCUT2D eigenvalue weighted by atomic mass is 9.60. The van der Waals surface area contributed by atoms with Crippen molar-refractivity contribution in [3.05, 3.63) is 59.9 Å². The van der Waals surface area contributed by atoms with Crippen LogP contribution in [0.1, 0.15) is 37.7 Å². The van der Waals surface area contributed by atoms with E-state index in [-0.39, 0.29) is 35.8 Å². The number of aliphatic hydroxyl groups is 1. The van der Waals surface area contributed by atoms with E-state index in [0.717, 1.165) is 36.7 Å². The monoisotopic (exact) mass is 408 g/mol. The van der Waals surface area contributed by atoms with Crippen molar-refractivity contribution < 1.29 is 14.3 Å². The number of benzene rings is 2. The molecule has 2 aromatic rings. The van der Waals surface area contributed by atoms with Crippen LogP contribution in [0.3, 0.4) is 0 Å². The summed E-state index contributed by atoms with van der Waals surface area (Å²) in [4.78, 5) is 16.7. The predicted molar refractivity (Wildman–Crippen MR) is 114 cm³/mol. The Kier molecular flexibility index (Phi) is 4.91. The van der Waals surface area contributed by atoms with E-state index in [1.165, 1.54) is 24.5 Å². The Labute approximate surface area is 177 Å². The number of hydrogen-bond acceptors (Lipinski definition) is 3. The molecule has 2 aliphatic heterocycles. The van der Waals surface area contributed by atoms with Crippen LogP contribution in [0.4, 0.5) is 4.39 Å². The summed E-state index contributed by atoms with van der Waals surface area (Å²) in [5.41, 5.74) is 2.99. The molecule has 3 fully saturated rings. The fourth-order valence-electron chi connectivity index (χ4n) is 5.54. The molecule has 1 amide bonds. The van der Waals surface area contributed by atoms with Crippen molar-refractivity contribution in [2.45, 2.75) is 43.7 Å². The van der Waals surface area contributed by atoms with Crippen LogP contribution >= 0.6 is 0 Å². The Bertz CT molecular complexity index is 934. The van der Waals surface area contributed by atoms with E-state index in [4.69, 9.17) is 0 Å². The number of carbonyl (C=O) groups excluding carboxylic acids is 1. The molecule has 1 saturated carbocycles. The molecule has 2 heterocycles. The number of rotatable bonds is 6. The molecule has 0 aromatic heterocycles. The van der Waals surface area contributed by atoms with Crippen LogP contribution in [0.25, 0.3) is 11.1 Å². The summed E-state index contributed by atoms with van der Waals surface area (Å²) < 4.78 is 13.6. The van der Waals surface area contributed by atoms with Gasteiger partial charge < -0.3 is 10.0 Å². The quantitative estimate of drug-likeness (QED) is 0.794. The molecular weight excluding hydrogens is 379 g/mol. The second kappa shape index (κ2) is 7.47. The largest absolute Gasteiger partial charge is 0.395 e. The van der Waals surface area contributed by atoms with Gasteiger partial charge in [0.1, 0.15) is 5.82 Å². The summed E-state index contributed by atoms with van der Waals surface area (Å²) >= 11 is 0. The first-order valence-corrected chi connectivity index (χ1v) is 11.1. The van der Waals surface area contributed by atoms with Gasteiger partial charge in [-0.3, -0.25) is 9.69 Å². The standard InChI is InChI=1S/C25H29FN2O2/c1-2-23(30)27-15-25(16-27)24(22(14-29)28(25)13-17-6-7-17)19-10-8-18(9-11-19)20-4-3-5-21(26)12-20/h3-5,8-12,17,22,24,29H,2,6-7,13-16H2,1H3/t22-,24+/m0/s1. The van der Waals surface area contributed by atoms with Crippen molar-refractivity contribution in [1.29, 1.82) is 0 Å². The van der Waals surface area contributed by atoms with Gasteiger partial charge in [-0.25, -0.2) is 4.39 Å². The Hall–Kier alpha value is -2.24. The van der Waals surface area contributed by atoms with Crippen LogP contribution < -0.4 is 0 Å². The van der Waals surface area contributed by atoms with Crippen LogP contribution in [0.15, 0.2) is 48.5 Å². The number of likely N-dealkylation sites (tertiary alicyclic amines) is 2. The second-order valence-corrected chi connectivity index (χ2v) is 9.16. The van der Waals surface area contributed by atoms with Crippen molar-refractivity contribution in [2.75, 3.05) is 26.2 Å². The molecule has 2 atom stereocenters. The van der Waals surface area contributed by atoms with Crippen LogP contribution in [0, 0.1) is 11.7 Å². The summed E-state index contributed by atoms with van der Waals surface area (Å²) in [7, 11) is 0. The van der Waals surface area contributed by atoms with Gasteiger partial charge in [0, 0.05) is 38.0 Å². The van der Waals surface area contributed by atoms with Gasteiger partial charge >= 0.3 is 0 Å². The average molecular weight is 409 g/mol. The summed E-state index contributed by atoms with van der Waals surface area (Å²) in [6.07, 6.45) is 3.08. The fraction of sp³-hybridized carbons (Fsp3) is 0.480. The third-order valence-electron chi connectivity index (χ3n) is 7.29. The predicted octanol–water partition coefficient (Wildman–Crippen LogP) is 3.65. The molecular formula is C25H29FN2O2. The summed E-state index contributed by atoms with van der Waals surface area (Å²) in [5.74, 6) is 0.923. The lowest BCUT2D eigenvalue weighted by molar-refractivity contribution is -0.197. The third kappa shape index (κ3) is 3.15. The van der Waals surface area contributed by atoms with Crippen LogP contribution in [0.5, 0.6) is 0 Å². The molecule has 1 N–H and O–H groups in total. The molecule has 1 spiro atoms. The maximum atomic E-state index is 13.6. The fourth-order valence-corrected chi connectivity index (χ4v) is 5.54. The van der Waals surface area contributed by atoms with Crippen molar-refractivity contribution in [3.8, 4) is 11.1 Å². The van der Waals surface area contributed by atoms with Crippen LogP contribution in [0.2, 0.25) is 0 Å². The van der Waals surface area contributed by atoms with E-state index in [1.807, 2.05) is 30.0 Å². The Morgan fingerprint density at radius 2 is 1.87 bits per heavy atom. The molecule has 0 radical (unpaired) electrons. The molecule has 5 heteroatoms. The average Bonchev–Trinajstić information content (AvgIpc) is 3.54. The highest BCUT2D eigenvalue weighted by Crippen LogP contribution is 2.55. The van der Waals surface area contributed by atoms with E-state index in [9.17, 15) is 14.3 Å². The lowest BCUT2D eigenvalue weighted by Gasteiger charge is -2.71. The third-order valence-corrected chi connectivity index (χ3v) is 7.29. The first-order chi connectivity index (χ1) is 14.6. The van der Waals surface area contributed by atoms with Crippen molar-refractivity contribution in [3.63, 3.8) is 0 Å². The summed E-state index contributed by atoms with van der Waals surface area (Å²) in [6, 6.07) is 15.1. The Balaban J connectivity index is 1.41. The topological polar surface area (TPSA) is 43.8 Å². The maximum Gasteiger partial charge on any atom is 0.222 e. The van der Waals surface area contributed by atoms with Gasteiger partial charge in [-0.2, -0.15) is 0 Å². The van der Waals surface area contributed by atoms with E-state index < -0.39 is 0 Å². The molecule has 158 valence electrons. The van der Waals surface area contributed by atoms with Gasteiger partial charge in [0.05, 0.1) is 12.1 Å². The van der Waals surface area contributed by atoms with Gasteiger partial charge in [0.15, 0.2) is 0 Å². The summed E-state index contributed by atoms with van der Waals surface area (Å²) in [5, 5.41) is 10.2. The molecule has 2 aromatic carbocycles. The van der Waals surface area contributed by atoms with Crippen molar-refractivity contribution >= 4 is 5.91 Å². The molecule has 4 nitrogen and oxygen atoms in total. The van der Waals surface area contributed by atoms with Crippen molar-refractivity contribution in [2.24, 2.45) is 5.92 Å². The number of amides is 1. The number of hydrogen-bond donors (Lipinski definition) is 1. The minimum atomic E-state index is -0.235. The smallest absolute Gasteiger partial charge is 0.222 e. The molecule has 3 aliphatic rings. The zero-order valence-corrected chi connectivity index (χ0v) is 17.4. The minimum Gasteiger partial charge on any atom is -0.395 e. The number of nitrogens with zero attached hydrogens (tertiary/aromatic N) is 2. The molecule has 0 bridgehead atoms. The van der Waals surface area contributed by atoms with Crippen LogP contribution in [-0.4, -0.2) is 58.6 Å². The van der Waals surface area contributed by atoms with Gasteiger partial charge in [0.2, 0.25) is 5.91 Å². The minimum absolute atomic E-state index is 0.0544. The zero-order chi connectivity index (χ0) is 20.9. The number of carbonyl (C=O) groups is 1. The highest BCUT2D eigenvalue weighted by atomic mass is 19.1. The first-order valence-electron chi connectivity index (χ1n) is 11.1. The highest BCUT2D eigenvalue weighted by Gasteiger charge is 2.66. The van der Waals surface area contributed by atoms with Gasteiger partial charge in [0.25, 0.3) is 0 Å². The Morgan fingerprint density at radius 3 is 2.47 bits per heavy atom. The SMILES string of the molecule is CCC(=O)N1CC2(C1)[C@H](c1ccc(-c3cccc(F)c3)cc1)[C@H](CO)N2CC1CC1. The van der Waals surface area contributed by atoms with E-state index in [2.05, 4.69) is 17.0 Å². The molecule has 1 aliphatic carbocycles. The normalized spacial score (nSPS) is 25.1. The lowest BCUT2D eigenvalue weighted by Crippen LogP contribution is -2.85. The molecule has 2 saturated heterocycles. The van der Waals surface area contributed by atoms with Gasteiger partial charge in [-0.1, -0.05) is 43.3 Å². The number of halogens is 1. The van der Waals surface area contributed by atoms with Crippen molar-refractivity contribution in [1.82, 2.24) is 9.80 Å². The maximum absolute atomic E-state index is 13.6. The van der Waals surface area contributed by atoms with E-state index in [0.29, 0.717) is 6.42 Å². The molecule has 0 unspecified atom stereocenters. The zero-order valence-electron chi connectivity index (χ0n) is 17.4. The van der Waals surface area contributed by atoms with Gasteiger partial charge in [-0.05, 0) is 47.6 Å². The molecule has 30 heavy (non-hydrogen) atoms. The second-order valence-electron chi connectivity index (χ2n) is 9.16. The first kappa shape index (κ1) is 19.7. The van der Waals surface area contributed by atoms with Gasteiger partial charge in [-0.15, -0.1) is 0 Å².